The maximum atomic E-state index is 10.9. The molecule has 0 amide bonds. The van der Waals surface area contributed by atoms with Crippen LogP contribution in [-0.2, 0) is 14.3 Å². The fourth-order valence-corrected chi connectivity index (χ4v) is 0.854. The predicted octanol–water partition coefficient (Wildman–Crippen LogP) is 2.14. The molecule has 0 aromatic carbocycles. The number of hydrogen-bond acceptors (Lipinski definition) is 3. The van der Waals surface area contributed by atoms with Crippen molar-refractivity contribution in [2.24, 2.45) is 0 Å². The number of esters is 1. The van der Waals surface area contributed by atoms with E-state index in [1.165, 1.54) is 0 Å². The van der Waals surface area contributed by atoms with E-state index in [1.807, 2.05) is 13.8 Å². The Morgan fingerprint density at radius 2 is 2.00 bits per heavy atom. The highest BCUT2D eigenvalue weighted by Gasteiger charge is 2.05. The molecule has 3 heteroatoms. The lowest BCUT2D eigenvalue weighted by Gasteiger charge is -2.12. The van der Waals surface area contributed by atoms with E-state index in [0.717, 1.165) is 19.4 Å². The zero-order valence-corrected chi connectivity index (χ0v) is 8.84. The summed E-state index contributed by atoms with van der Waals surface area (Å²) in [7, 11) is 0. The number of carbonyl (C=O) groups excluding carboxylic acids is 1. The SMILES string of the molecule is CCCOC(C)COC(=O)CCC. The van der Waals surface area contributed by atoms with Crippen LogP contribution < -0.4 is 0 Å². The summed E-state index contributed by atoms with van der Waals surface area (Å²) >= 11 is 0. The van der Waals surface area contributed by atoms with Crippen molar-refractivity contribution in [3.05, 3.63) is 0 Å². The fraction of sp³-hybridized carbons (Fsp3) is 0.900. The van der Waals surface area contributed by atoms with Crippen molar-refractivity contribution in [2.75, 3.05) is 13.2 Å². The van der Waals surface area contributed by atoms with Crippen molar-refractivity contribution in [3.63, 3.8) is 0 Å². The molecule has 13 heavy (non-hydrogen) atoms. The maximum absolute atomic E-state index is 10.9. The summed E-state index contributed by atoms with van der Waals surface area (Å²) < 4.78 is 10.3. The first-order valence-corrected chi connectivity index (χ1v) is 4.97. The molecular weight excluding hydrogens is 168 g/mol. The molecule has 0 saturated carbocycles. The standard InChI is InChI=1S/C10H20O3/c1-4-6-10(11)13-8-9(3)12-7-5-2/h9H,4-8H2,1-3H3. The first-order chi connectivity index (χ1) is 6.20. The molecule has 0 aliphatic carbocycles. The first kappa shape index (κ1) is 12.4. The lowest BCUT2D eigenvalue weighted by Crippen LogP contribution is -2.19. The smallest absolute Gasteiger partial charge is 0.305 e. The minimum atomic E-state index is -0.130. The quantitative estimate of drug-likeness (QED) is 0.574. The molecule has 0 rings (SSSR count). The largest absolute Gasteiger partial charge is 0.463 e. The van der Waals surface area contributed by atoms with Gasteiger partial charge in [-0.15, -0.1) is 0 Å². The van der Waals surface area contributed by atoms with Gasteiger partial charge in [-0.1, -0.05) is 13.8 Å². The lowest BCUT2D eigenvalue weighted by molar-refractivity contribution is -0.147. The third-order valence-electron chi connectivity index (χ3n) is 1.54. The van der Waals surface area contributed by atoms with Gasteiger partial charge in [0.15, 0.2) is 0 Å². The van der Waals surface area contributed by atoms with Crippen LogP contribution in [-0.4, -0.2) is 25.3 Å². The number of ether oxygens (including phenoxy) is 2. The second-order valence-corrected chi connectivity index (χ2v) is 3.11. The third kappa shape index (κ3) is 7.78. The summed E-state index contributed by atoms with van der Waals surface area (Å²) in [6.45, 7) is 7.02. The Bertz CT molecular complexity index is 134. The van der Waals surface area contributed by atoms with Crippen molar-refractivity contribution in [3.8, 4) is 0 Å². The van der Waals surface area contributed by atoms with E-state index < -0.39 is 0 Å². The molecule has 0 bridgehead atoms. The van der Waals surface area contributed by atoms with Crippen LogP contribution in [0.3, 0.4) is 0 Å². The molecule has 0 aromatic heterocycles. The van der Waals surface area contributed by atoms with Crippen molar-refractivity contribution < 1.29 is 14.3 Å². The zero-order chi connectivity index (χ0) is 10.1. The molecule has 1 unspecified atom stereocenters. The molecule has 1 atom stereocenters. The first-order valence-electron chi connectivity index (χ1n) is 4.97. The van der Waals surface area contributed by atoms with Crippen molar-refractivity contribution in [1.82, 2.24) is 0 Å². The van der Waals surface area contributed by atoms with Gasteiger partial charge in [0.2, 0.25) is 0 Å². The van der Waals surface area contributed by atoms with Gasteiger partial charge in [0.25, 0.3) is 0 Å². The molecule has 0 heterocycles. The van der Waals surface area contributed by atoms with E-state index in [9.17, 15) is 4.79 Å². The Morgan fingerprint density at radius 1 is 1.31 bits per heavy atom. The van der Waals surface area contributed by atoms with E-state index in [0.29, 0.717) is 13.0 Å². The molecule has 0 spiro atoms. The van der Waals surface area contributed by atoms with Gasteiger partial charge in [-0.25, -0.2) is 0 Å². The summed E-state index contributed by atoms with van der Waals surface area (Å²) in [6.07, 6.45) is 2.34. The predicted molar refractivity (Wildman–Crippen MR) is 51.6 cm³/mol. The van der Waals surface area contributed by atoms with E-state index in [4.69, 9.17) is 9.47 Å². The molecule has 0 aromatic rings. The van der Waals surface area contributed by atoms with Gasteiger partial charge in [0.05, 0.1) is 6.10 Å². The summed E-state index contributed by atoms with van der Waals surface area (Å²) in [5.41, 5.74) is 0. The highest BCUT2D eigenvalue weighted by Crippen LogP contribution is 1.96. The van der Waals surface area contributed by atoms with Gasteiger partial charge in [0, 0.05) is 13.0 Å². The second-order valence-electron chi connectivity index (χ2n) is 3.11. The molecule has 0 saturated heterocycles. The van der Waals surface area contributed by atoms with Crippen LogP contribution in [0, 0.1) is 0 Å². The molecular formula is C10H20O3. The van der Waals surface area contributed by atoms with Gasteiger partial charge in [0.1, 0.15) is 6.61 Å². The van der Waals surface area contributed by atoms with Crippen LogP contribution in [0.5, 0.6) is 0 Å². The van der Waals surface area contributed by atoms with Gasteiger partial charge in [-0.05, 0) is 19.8 Å². The minimum absolute atomic E-state index is 0.0146. The van der Waals surface area contributed by atoms with Gasteiger partial charge >= 0.3 is 5.97 Å². The average molecular weight is 188 g/mol. The van der Waals surface area contributed by atoms with Crippen LogP contribution in [0.15, 0.2) is 0 Å². The van der Waals surface area contributed by atoms with E-state index in [-0.39, 0.29) is 12.1 Å². The highest BCUT2D eigenvalue weighted by atomic mass is 16.6. The minimum Gasteiger partial charge on any atom is -0.463 e. The Hall–Kier alpha value is -0.570. The molecule has 0 aliphatic heterocycles. The molecule has 0 fully saturated rings. The lowest BCUT2D eigenvalue weighted by atomic mass is 10.3. The van der Waals surface area contributed by atoms with Crippen LogP contribution in [0.25, 0.3) is 0 Å². The van der Waals surface area contributed by atoms with Crippen LogP contribution in [0.4, 0.5) is 0 Å². The van der Waals surface area contributed by atoms with Crippen molar-refractivity contribution in [1.29, 1.82) is 0 Å². The number of carbonyl (C=O) groups is 1. The van der Waals surface area contributed by atoms with Crippen molar-refractivity contribution >= 4 is 5.97 Å². The summed E-state index contributed by atoms with van der Waals surface area (Å²) in [5.74, 6) is -0.130. The second kappa shape index (κ2) is 8.05. The molecule has 0 aliphatic rings. The van der Waals surface area contributed by atoms with Gasteiger partial charge in [-0.3, -0.25) is 4.79 Å². The Kier molecular flexibility index (Phi) is 7.69. The molecule has 0 radical (unpaired) electrons. The monoisotopic (exact) mass is 188 g/mol. The Balaban J connectivity index is 3.34. The zero-order valence-electron chi connectivity index (χ0n) is 8.84. The van der Waals surface area contributed by atoms with Crippen molar-refractivity contribution in [2.45, 2.75) is 46.1 Å². The normalized spacial score (nSPS) is 12.5. The fourth-order valence-electron chi connectivity index (χ4n) is 0.854. The number of rotatable bonds is 7. The average Bonchev–Trinajstić information content (AvgIpc) is 2.12. The Labute approximate surface area is 80.4 Å². The maximum Gasteiger partial charge on any atom is 0.305 e. The highest BCUT2D eigenvalue weighted by molar-refractivity contribution is 5.69. The topological polar surface area (TPSA) is 35.5 Å². The summed E-state index contributed by atoms with van der Waals surface area (Å²) in [6, 6.07) is 0. The van der Waals surface area contributed by atoms with Gasteiger partial charge < -0.3 is 9.47 Å². The molecule has 0 N–H and O–H groups in total. The number of hydrogen-bond donors (Lipinski definition) is 0. The molecule has 3 nitrogen and oxygen atoms in total. The third-order valence-corrected chi connectivity index (χ3v) is 1.54. The summed E-state index contributed by atoms with van der Waals surface area (Å²) in [4.78, 5) is 10.9. The van der Waals surface area contributed by atoms with E-state index in [2.05, 4.69) is 6.92 Å². The van der Waals surface area contributed by atoms with E-state index >= 15 is 0 Å². The van der Waals surface area contributed by atoms with Crippen LogP contribution in [0.1, 0.15) is 40.0 Å². The summed E-state index contributed by atoms with van der Waals surface area (Å²) in [5, 5.41) is 0. The van der Waals surface area contributed by atoms with Crippen LogP contribution in [0.2, 0.25) is 0 Å². The van der Waals surface area contributed by atoms with Gasteiger partial charge in [-0.2, -0.15) is 0 Å². The van der Waals surface area contributed by atoms with Crippen LogP contribution >= 0.6 is 0 Å². The molecule has 78 valence electrons. The van der Waals surface area contributed by atoms with E-state index in [1.54, 1.807) is 0 Å². The Morgan fingerprint density at radius 3 is 2.54 bits per heavy atom.